The summed E-state index contributed by atoms with van der Waals surface area (Å²) in [4.78, 5) is 20.8. The third-order valence-corrected chi connectivity index (χ3v) is 4.52. The van der Waals surface area contributed by atoms with Gasteiger partial charge in [0.2, 0.25) is 0 Å². The highest BCUT2D eigenvalue weighted by atomic mass is 16.1. The van der Waals surface area contributed by atoms with Gasteiger partial charge in [-0.05, 0) is 23.3 Å². The molecule has 2 heterocycles. The first-order chi connectivity index (χ1) is 13.2. The number of benzene rings is 2. The Bertz CT molecular complexity index is 1120. The predicted molar refractivity (Wildman–Crippen MR) is 107 cm³/mol. The van der Waals surface area contributed by atoms with Crippen LogP contribution in [0.4, 0.5) is 0 Å². The fourth-order valence-corrected chi connectivity index (χ4v) is 3.15. The van der Waals surface area contributed by atoms with Crippen molar-refractivity contribution in [3.8, 4) is 22.4 Å². The number of nitrogens with zero attached hydrogens (tertiary/aromatic N) is 2. The zero-order valence-corrected chi connectivity index (χ0v) is 14.6. The number of aromatic nitrogens is 2. The van der Waals surface area contributed by atoms with E-state index >= 15 is 0 Å². The van der Waals surface area contributed by atoms with E-state index in [1.807, 2.05) is 60.7 Å². The molecule has 0 bridgehead atoms. The first-order valence-corrected chi connectivity index (χ1v) is 8.62. The van der Waals surface area contributed by atoms with Crippen molar-refractivity contribution in [2.45, 2.75) is 6.54 Å². The van der Waals surface area contributed by atoms with E-state index in [9.17, 15) is 4.79 Å². The van der Waals surface area contributed by atoms with E-state index in [2.05, 4.69) is 4.98 Å². The van der Waals surface area contributed by atoms with Crippen LogP contribution >= 0.6 is 0 Å². The lowest BCUT2D eigenvalue weighted by Gasteiger charge is -2.13. The molecule has 0 fully saturated rings. The summed E-state index contributed by atoms with van der Waals surface area (Å²) in [5.74, 6) is -0.568. The van der Waals surface area contributed by atoms with E-state index in [4.69, 9.17) is 16.5 Å². The second kappa shape index (κ2) is 6.97. The molecule has 0 spiro atoms. The molecule has 2 aromatic heterocycles. The smallest absolute Gasteiger partial charge is 0.268 e. The summed E-state index contributed by atoms with van der Waals surface area (Å²) in [6, 6.07) is 21.7. The van der Waals surface area contributed by atoms with Crippen LogP contribution in [0.2, 0.25) is 0 Å². The van der Waals surface area contributed by atoms with Crippen molar-refractivity contribution in [1.29, 1.82) is 0 Å². The molecule has 0 saturated carbocycles. The number of hydrogen-bond acceptors (Lipinski definition) is 4. The lowest BCUT2D eigenvalue weighted by Crippen LogP contribution is -2.13. The van der Waals surface area contributed by atoms with Crippen molar-refractivity contribution < 1.29 is 4.79 Å². The third-order valence-electron chi connectivity index (χ3n) is 4.52. The standard InChI is InChI=1S/C22H18N4O/c23-13-14-6-8-16(9-7-14)20-17(15-4-2-1-3-5-15)12-18-19(26-20)10-11-25-21(18)22(24)27/h1-12H,13,23H2,(H2,24,27). The van der Waals surface area contributed by atoms with Crippen molar-refractivity contribution in [2.75, 3.05) is 0 Å². The van der Waals surface area contributed by atoms with Crippen LogP contribution < -0.4 is 11.5 Å². The normalized spacial score (nSPS) is 10.9. The van der Waals surface area contributed by atoms with E-state index in [0.29, 0.717) is 17.4 Å². The maximum Gasteiger partial charge on any atom is 0.268 e. The van der Waals surface area contributed by atoms with E-state index < -0.39 is 5.91 Å². The van der Waals surface area contributed by atoms with Crippen LogP contribution in [0.25, 0.3) is 33.3 Å². The molecular formula is C22H18N4O. The highest BCUT2D eigenvalue weighted by Crippen LogP contribution is 2.34. The van der Waals surface area contributed by atoms with E-state index in [1.165, 1.54) is 0 Å². The Morgan fingerprint density at radius 2 is 1.67 bits per heavy atom. The van der Waals surface area contributed by atoms with Crippen LogP contribution in [-0.4, -0.2) is 15.9 Å². The summed E-state index contributed by atoms with van der Waals surface area (Å²) >= 11 is 0. The summed E-state index contributed by atoms with van der Waals surface area (Å²) < 4.78 is 0. The first-order valence-electron chi connectivity index (χ1n) is 8.62. The summed E-state index contributed by atoms with van der Waals surface area (Å²) in [7, 11) is 0. The Labute approximate surface area is 156 Å². The Morgan fingerprint density at radius 1 is 0.926 bits per heavy atom. The lowest BCUT2D eigenvalue weighted by atomic mass is 9.96. The van der Waals surface area contributed by atoms with Crippen molar-refractivity contribution in [1.82, 2.24) is 9.97 Å². The molecule has 1 amide bonds. The third kappa shape index (κ3) is 3.16. The Balaban J connectivity index is 2.02. The van der Waals surface area contributed by atoms with Gasteiger partial charge < -0.3 is 11.5 Å². The number of nitrogens with two attached hydrogens (primary N) is 2. The summed E-state index contributed by atoms with van der Waals surface area (Å²) in [6.07, 6.45) is 1.55. The molecule has 0 aliphatic heterocycles. The van der Waals surface area contributed by atoms with E-state index in [0.717, 1.165) is 27.9 Å². The van der Waals surface area contributed by atoms with Crippen LogP contribution in [0.15, 0.2) is 72.9 Å². The molecular weight excluding hydrogens is 336 g/mol. The predicted octanol–water partition coefficient (Wildman–Crippen LogP) is 3.52. The number of primary amides is 1. The maximum absolute atomic E-state index is 11.8. The maximum atomic E-state index is 11.8. The molecule has 0 aliphatic carbocycles. The Hall–Kier alpha value is -3.57. The van der Waals surface area contributed by atoms with Gasteiger partial charge in [0.25, 0.3) is 5.91 Å². The van der Waals surface area contributed by atoms with Crippen LogP contribution in [0.3, 0.4) is 0 Å². The monoisotopic (exact) mass is 354 g/mol. The van der Waals surface area contributed by atoms with Crippen LogP contribution in [0, 0.1) is 0 Å². The molecule has 132 valence electrons. The molecule has 4 rings (SSSR count). The van der Waals surface area contributed by atoms with Crippen LogP contribution in [-0.2, 0) is 6.54 Å². The minimum atomic E-state index is -0.568. The molecule has 0 saturated heterocycles. The van der Waals surface area contributed by atoms with E-state index in [-0.39, 0.29) is 5.69 Å². The second-order valence-electron chi connectivity index (χ2n) is 6.24. The zero-order valence-electron chi connectivity index (χ0n) is 14.6. The Morgan fingerprint density at radius 3 is 2.33 bits per heavy atom. The van der Waals surface area contributed by atoms with Gasteiger partial charge in [0, 0.05) is 29.3 Å². The Kier molecular flexibility index (Phi) is 4.36. The highest BCUT2D eigenvalue weighted by molar-refractivity contribution is 6.05. The molecule has 27 heavy (non-hydrogen) atoms. The minimum Gasteiger partial charge on any atom is -0.364 e. The quantitative estimate of drug-likeness (QED) is 0.586. The van der Waals surface area contributed by atoms with Crippen molar-refractivity contribution in [3.63, 3.8) is 0 Å². The van der Waals surface area contributed by atoms with Gasteiger partial charge >= 0.3 is 0 Å². The molecule has 0 unspecified atom stereocenters. The van der Waals surface area contributed by atoms with Gasteiger partial charge in [-0.15, -0.1) is 0 Å². The summed E-state index contributed by atoms with van der Waals surface area (Å²) in [6.45, 7) is 0.491. The number of amides is 1. The lowest BCUT2D eigenvalue weighted by molar-refractivity contribution is 0.0997. The fourth-order valence-electron chi connectivity index (χ4n) is 3.15. The average Bonchev–Trinajstić information content (AvgIpc) is 2.73. The highest BCUT2D eigenvalue weighted by Gasteiger charge is 2.15. The molecule has 5 nitrogen and oxygen atoms in total. The number of pyridine rings is 2. The van der Waals surface area contributed by atoms with E-state index in [1.54, 1.807) is 12.3 Å². The number of rotatable bonds is 4. The molecule has 4 aromatic rings. The van der Waals surface area contributed by atoms with Gasteiger partial charge in [-0.2, -0.15) is 0 Å². The number of carbonyl (C=O) groups excluding carboxylic acids is 1. The van der Waals surface area contributed by atoms with Crippen LogP contribution in [0.5, 0.6) is 0 Å². The first kappa shape index (κ1) is 16.9. The largest absolute Gasteiger partial charge is 0.364 e. The minimum absolute atomic E-state index is 0.224. The molecule has 0 atom stereocenters. The second-order valence-corrected chi connectivity index (χ2v) is 6.24. The number of carbonyl (C=O) groups is 1. The molecule has 0 radical (unpaired) electrons. The molecule has 5 heteroatoms. The van der Waals surface area contributed by atoms with Crippen molar-refractivity contribution in [3.05, 3.63) is 84.2 Å². The number of hydrogen-bond donors (Lipinski definition) is 2. The van der Waals surface area contributed by atoms with Gasteiger partial charge in [-0.25, -0.2) is 4.98 Å². The van der Waals surface area contributed by atoms with Crippen LogP contribution in [0.1, 0.15) is 16.1 Å². The number of fused-ring (bicyclic) bond motifs is 1. The summed E-state index contributed by atoms with van der Waals surface area (Å²) in [5, 5.41) is 0.645. The van der Waals surface area contributed by atoms with Crippen molar-refractivity contribution >= 4 is 16.8 Å². The van der Waals surface area contributed by atoms with Gasteiger partial charge in [-0.1, -0.05) is 54.6 Å². The zero-order chi connectivity index (χ0) is 18.8. The average molecular weight is 354 g/mol. The molecule has 4 N–H and O–H groups in total. The van der Waals surface area contributed by atoms with Gasteiger partial charge in [0.05, 0.1) is 11.2 Å². The van der Waals surface area contributed by atoms with Gasteiger partial charge in [0.15, 0.2) is 0 Å². The molecule has 0 aliphatic rings. The van der Waals surface area contributed by atoms with Gasteiger partial charge in [0.1, 0.15) is 5.69 Å². The molecule has 2 aromatic carbocycles. The van der Waals surface area contributed by atoms with Crippen molar-refractivity contribution in [2.24, 2.45) is 11.5 Å². The van der Waals surface area contributed by atoms with Gasteiger partial charge in [-0.3, -0.25) is 9.78 Å². The topological polar surface area (TPSA) is 94.9 Å². The fraction of sp³-hybridized carbons (Fsp3) is 0.0455. The summed E-state index contributed by atoms with van der Waals surface area (Å²) in [5.41, 5.74) is 16.9. The SMILES string of the molecule is NCc1ccc(-c2nc3ccnc(C(N)=O)c3cc2-c2ccccc2)cc1.